The molecule has 238 valence electrons. The minimum absolute atomic E-state index is 0.0998. The van der Waals surface area contributed by atoms with Crippen molar-refractivity contribution >= 4 is 12.0 Å². The van der Waals surface area contributed by atoms with Gasteiger partial charge in [0.2, 0.25) is 5.91 Å². The highest BCUT2D eigenvalue weighted by molar-refractivity contribution is 5.79. The van der Waals surface area contributed by atoms with Crippen molar-refractivity contribution in [1.29, 1.82) is 0 Å². The standard InChI is InChI=1S/C35H44F3N3O3/c36-35(37,38)31-12-8-28(9-13-31)23-39-20-16-34(17-21-39)25-41(33(43)44-34)24-29-6-10-30(11-7-29)32(42)40-18-14-27(15-19-40)22-26-4-2-1-3-5-26/h1-5,8-9,12-13,27,29-30H,6-7,10-11,14-25H2. The lowest BCUT2D eigenvalue weighted by molar-refractivity contribution is -0.138. The van der Waals surface area contributed by atoms with Crippen LogP contribution in [0.1, 0.15) is 68.1 Å². The highest BCUT2D eigenvalue weighted by Crippen LogP contribution is 2.37. The van der Waals surface area contributed by atoms with E-state index in [0.29, 0.717) is 37.4 Å². The molecule has 2 aromatic carbocycles. The first-order valence-corrected chi connectivity index (χ1v) is 16.3. The normalized spacial score (nSPS) is 24.9. The van der Waals surface area contributed by atoms with Crippen molar-refractivity contribution in [3.63, 3.8) is 0 Å². The Labute approximate surface area is 258 Å². The maximum absolute atomic E-state index is 13.3. The Bertz CT molecular complexity index is 1260. The van der Waals surface area contributed by atoms with Gasteiger partial charge in [-0.1, -0.05) is 42.5 Å². The molecular formula is C35H44F3N3O3. The highest BCUT2D eigenvalue weighted by atomic mass is 19.4. The molecule has 2 aromatic rings. The first kappa shape index (κ1) is 30.9. The molecule has 3 saturated heterocycles. The molecule has 2 amide bonds. The third kappa shape index (κ3) is 7.41. The van der Waals surface area contributed by atoms with E-state index in [-0.39, 0.29) is 12.0 Å². The Hall–Kier alpha value is -3.07. The van der Waals surface area contributed by atoms with Crippen molar-refractivity contribution in [2.24, 2.45) is 17.8 Å². The summed E-state index contributed by atoms with van der Waals surface area (Å²) >= 11 is 0. The molecule has 0 bridgehead atoms. The second-order valence-corrected chi connectivity index (χ2v) is 13.6. The number of carbonyl (C=O) groups is 2. The SMILES string of the molecule is O=C1OC2(CCN(Cc3ccc(C(F)(F)F)cc3)CC2)CN1CC1CCC(C(=O)N2CCC(Cc3ccccc3)CC2)CC1. The van der Waals surface area contributed by atoms with E-state index < -0.39 is 17.3 Å². The van der Waals surface area contributed by atoms with Crippen molar-refractivity contribution in [2.45, 2.75) is 76.1 Å². The lowest BCUT2D eigenvalue weighted by atomic mass is 9.80. The van der Waals surface area contributed by atoms with Gasteiger partial charge in [-0.05, 0) is 80.0 Å². The van der Waals surface area contributed by atoms with E-state index in [1.807, 2.05) is 4.90 Å². The van der Waals surface area contributed by atoms with Crippen LogP contribution in [0.4, 0.5) is 18.0 Å². The molecule has 1 saturated carbocycles. The van der Waals surface area contributed by atoms with Gasteiger partial charge in [-0.15, -0.1) is 0 Å². The lowest BCUT2D eigenvalue weighted by Gasteiger charge is -2.38. The van der Waals surface area contributed by atoms with Crippen LogP contribution >= 0.6 is 0 Å². The molecular weight excluding hydrogens is 567 g/mol. The molecule has 6 rings (SSSR count). The molecule has 6 nitrogen and oxygen atoms in total. The van der Waals surface area contributed by atoms with E-state index in [9.17, 15) is 22.8 Å². The number of piperidine rings is 2. The second kappa shape index (κ2) is 13.1. The maximum atomic E-state index is 13.3. The fourth-order valence-corrected chi connectivity index (χ4v) is 7.74. The van der Waals surface area contributed by atoms with Gasteiger partial charge < -0.3 is 14.5 Å². The van der Waals surface area contributed by atoms with Gasteiger partial charge in [0.25, 0.3) is 0 Å². The summed E-state index contributed by atoms with van der Waals surface area (Å²) in [6.07, 6.45) is 3.80. The van der Waals surface area contributed by atoms with E-state index in [1.54, 1.807) is 12.1 Å². The van der Waals surface area contributed by atoms with Gasteiger partial charge in [-0.25, -0.2) is 4.79 Å². The number of likely N-dealkylation sites (tertiary alicyclic amines) is 2. The molecule has 3 heterocycles. The van der Waals surface area contributed by atoms with Crippen LogP contribution in [0.15, 0.2) is 54.6 Å². The molecule has 0 unspecified atom stereocenters. The summed E-state index contributed by atoms with van der Waals surface area (Å²) in [6.45, 7) is 5.05. The van der Waals surface area contributed by atoms with Crippen LogP contribution in [0, 0.1) is 17.8 Å². The van der Waals surface area contributed by atoms with Crippen LogP contribution in [-0.4, -0.2) is 71.6 Å². The number of hydrogen-bond acceptors (Lipinski definition) is 4. The minimum atomic E-state index is -4.33. The summed E-state index contributed by atoms with van der Waals surface area (Å²) in [4.78, 5) is 32.4. The number of benzene rings is 2. The number of carbonyl (C=O) groups excluding carboxylic acids is 2. The van der Waals surface area contributed by atoms with Gasteiger partial charge in [-0.2, -0.15) is 13.2 Å². The topological polar surface area (TPSA) is 53.1 Å². The van der Waals surface area contributed by atoms with Gasteiger partial charge in [0, 0.05) is 58.0 Å². The van der Waals surface area contributed by atoms with E-state index >= 15 is 0 Å². The molecule has 0 atom stereocenters. The molecule has 0 radical (unpaired) electrons. The molecule has 1 spiro atoms. The van der Waals surface area contributed by atoms with Gasteiger partial charge >= 0.3 is 12.3 Å². The Morgan fingerprint density at radius 2 is 1.48 bits per heavy atom. The predicted octanol–water partition coefficient (Wildman–Crippen LogP) is 6.78. The molecule has 1 aliphatic carbocycles. The predicted molar refractivity (Wildman–Crippen MR) is 162 cm³/mol. The molecule has 4 aliphatic rings. The largest absolute Gasteiger partial charge is 0.441 e. The average molecular weight is 612 g/mol. The maximum Gasteiger partial charge on any atom is 0.416 e. The number of hydrogen-bond donors (Lipinski definition) is 0. The fourth-order valence-electron chi connectivity index (χ4n) is 7.74. The van der Waals surface area contributed by atoms with Gasteiger partial charge in [0.1, 0.15) is 5.60 Å². The van der Waals surface area contributed by atoms with Crippen molar-refractivity contribution in [2.75, 3.05) is 39.3 Å². The smallest absolute Gasteiger partial charge is 0.416 e. The molecule has 3 aliphatic heterocycles. The summed E-state index contributed by atoms with van der Waals surface area (Å²) in [5.41, 5.74) is 1.12. The van der Waals surface area contributed by atoms with Crippen molar-refractivity contribution in [3.05, 3.63) is 71.3 Å². The fraction of sp³-hybridized carbons (Fsp3) is 0.600. The Balaban J connectivity index is 0.908. The third-order valence-corrected chi connectivity index (χ3v) is 10.5. The minimum Gasteiger partial charge on any atom is -0.441 e. The van der Waals surface area contributed by atoms with Crippen LogP contribution in [0.25, 0.3) is 0 Å². The zero-order chi connectivity index (χ0) is 30.7. The number of alkyl halides is 3. The van der Waals surface area contributed by atoms with Gasteiger partial charge in [0.15, 0.2) is 0 Å². The number of nitrogens with zero attached hydrogens (tertiary/aromatic N) is 3. The third-order valence-electron chi connectivity index (χ3n) is 10.5. The number of ether oxygens (including phenoxy) is 1. The number of rotatable bonds is 7. The lowest BCUT2D eigenvalue weighted by Crippen LogP contribution is -2.47. The first-order valence-electron chi connectivity index (χ1n) is 16.3. The monoisotopic (exact) mass is 611 g/mol. The molecule has 0 N–H and O–H groups in total. The quantitative estimate of drug-likeness (QED) is 0.347. The van der Waals surface area contributed by atoms with E-state index in [0.717, 1.165) is 102 Å². The summed E-state index contributed by atoms with van der Waals surface area (Å²) in [7, 11) is 0. The number of halogens is 3. The second-order valence-electron chi connectivity index (χ2n) is 13.6. The van der Waals surface area contributed by atoms with Crippen LogP contribution < -0.4 is 0 Å². The van der Waals surface area contributed by atoms with Crippen molar-refractivity contribution < 1.29 is 27.5 Å². The zero-order valence-corrected chi connectivity index (χ0v) is 25.4. The Morgan fingerprint density at radius 3 is 2.11 bits per heavy atom. The van der Waals surface area contributed by atoms with E-state index in [4.69, 9.17) is 4.74 Å². The molecule has 9 heteroatoms. The molecule has 44 heavy (non-hydrogen) atoms. The Morgan fingerprint density at radius 1 is 0.818 bits per heavy atom. The van der Waals surface area contributed by atoms with E-state index in [2.05, 4.69) is 40.1 Å². The Kier molecular flexibility index (Phi) is 9.22. The molecule has 4 fully saturated rings. The van der Waals surface area contributed by atoms with Crippen LogP contribution in [-0.2, 0) is 28.7 Å². The summed E-state index contributed by atoms with van der Waals surface area (Å²) in [5, 5.41) is 0. The van der Waals surface area contributed by atoms with Crippen LogP contribution in [0.2, 0.25) is 0 Å². The molecule has 0 aromatic heterocycles. The highest BCUT2D eigenvalue weighted by Gasteiger charge is 2.47. The number of amides is 2. The van der Waals surface area contributed by atoms with Crippen molar-refractivity contribution in [1.82, 2.24) is 14.7 Å². The zero-order valence-electron chi connectivity index (χ0n) is 25.4. The van der Waals surface area contributed by atoms with Crippen molar-refractivity contribution in [3.8, 4) is 0 Å². The summed E-state index contributed by atoms with van der Waals surface area (Å²) in [5.74, 6) is 1.46. The van der Waals surface area contributed by atoms with E-state index in [1.165, 1.54) is 5.56 Å². The van der Waals surface area contributed by atoms with Crippen LogP contribution in [0.5, 0.6) is 0 Å². The average Bonchev–Trinajstić information content (AvgIpc) is 3.33. The summed E-state index contributed by atoms with van der Waals surface area (Å²) < 4.78 is 44.6. The van der Waals surface area contributed by atoms with Gasteiger partial charge in [-0.3, -0.25) is 9.69 Å². The van der Waals surface area contributed by atoms with Gasteiger partial charge in [0.05, 0.1) is 12.1 Å². The summed E-state index contributed by atoms with van der Waals surface area (Å²) in [6, 6.07) is 16.0. The van der Waals surface area contributed by atoms with Crippen LogP contribution in [0.3, 0.4) is 0 Å². The first-order chi connectivity index (χ1) is 21.2.